The minimum absolute atomic E-state index is 0.122. The molecule has 0 radical (unpaired) electrons. The first kappa shape index (κ1) is 27.4. The van der Waals surface area contributed by atoms with Crippen LogP contribution >= 0.6 is 0 Å². The maximum absolute atomic E-state index is 13.6. The average Bonchev–Trinajstić information content (AvgIpc) is 3.68. The third-order valence-corrected chi connectivity index (χ3v) is 8.60. The number of esters is 2. The first-order valence-electron chi connectivity index (χ1n) is 14.1. The highest BCUT2D eigenvalue weighted by Crippen LogP contribution is 2.61. The lowest BCUT2D eigenvalue weighted by molar-refractivity contribution is -0.123. The summed E-state index contributed by atoms with van der Waals surface area (Å²) in [5.41, 5.74) is 2.44. The van der Waals surface area contributed by atoms with Gasteiger partial charge in [-0.1, -0.05) is 36.4 Å². The van der Waals surface area contributed by atoms with Gasteiger partial charge in [0.25, 0.3) is 5.91 Å². The standard InChI is InChI=1S/C33H30N2O7/c1-2-41-32(39)20-11-13-23(14-12-20)34-27(36)18-42-33(40)21-9-6-10-24(15-21)35-30(37)28-22-16-25(19-7-4-3-5-8-19)26(17-22)29(28)31(35)38/h3-15,22,25-26,28-29H,2,16-18H2,1H3,(H,34,36)/t22-,25+,26+,28+,29-/m0/s1. The molecule has 9 heteroatoms. The van der Waals surface area contributed by atoms with Crippen molar-refractivity contribution in [3.8, 4) is 0 Å². The Bertz CT molecular complexity index is 1550. The molecule has 3 aromatic rings. The van der Waals surface area contributed by atoms with Crippen LogP contribution < -0.4 is 10.2 Å². The number of hydrogen-bond donors (Lipinski definition) is 1. The van der Waals surface area contributed by atoms with Gasteiger partial charge in [0.1, 0.15) is 0 Å². The summed E-state index contributed by atoms with van der Waals surface area (Å²) >= 11 is 0. The van der Waals surface area contributed by atoms with E-state index in [2.05, 4.69) is 17.4 Å². The van der Waals surface area contributed by atoms with E-state index in [4.69, 9.17) is 9.47 Å². The van der Waals surface area contributed by atoms with Gasteiger partial charge in [0.05, 0.1) is 35.3 Å². The lowest BCUT2D eigenvalue weighted by atomic mass is 9.73. The molecule has 3 aromatic carbocycles. The smallest absolute Gasteiger partial charge is 0.338 e. The van der Waals surface area contributed by atoms with E-state index in [1.54, 1.807) is 31.2 Å². The van der Waals surface area contributed by atoms with Crippen molar-refractivity contribution in [2.75, 3.05) is 23.4 Å². The van der Waals surface area contributed by atoms with E-state index in [0.29, 0.717) is 16.9 Å². The van der Waals surface area contributed by atoms with Crippen molar-refractivity contribution >= 4 is 41.0 Å². The highest BCUT2D eigenvalue weighted by atomic mass is 16.5. The van der Waals surface area contributed by atoms with Gasteiger partial charge >= 0.3 is 11.9 Å². The molecule has 214 valence electrons. The van der Waals surface area contributed by atoms with Crippen molar-refractivity contribution in [2.45, 2.75) is 25.7 Å². The fourth-order valence-electron chi connectivity index (χ4n) is 6.88. The molecule has 6 rings (SSSR count). The highest BCUT2D eigenvalue weighted by Gasteiger charge is 2.64. The van der Waals surface area contributed by atoms with Crippen molar-refractivity contribution in [1.29, 1.82) is 0 Å². The zero-order chi connectivity index (χ0) is 29.4. The highest BCUT2D eigenvalue weighted by molar-refractivity contribution is 6.23. The van der Waals surface area contributed by atoms with Crippen LogP contribution in [0.2, 0.25) is 0 Å². The van der Waals surface area contributed by atoms with E-state index >= 15 is 0 Å². The third-order valence-electron chi connectivity index (χ3n) is 8.60. The largest absolute Gasteiger partial charge is 0.462 e. The first-order valence-corrected chi connectivity index (χ1v) is 14.1. The Kier molecular flexibility index (Phi) is 7.33. The number of imide groups is 1. The fraction of sp³-hybridized carbons (Fsp3) is 0.303. The van der Waals surface area contributed by atoms with Gasteiger partial charge in [0.2, 0.25) is 11.8 Å². The number of ether oxygens (including phenoxy) is 2. The predicted octanol–water partition coefficient (Wildman–Crippen LogP) is 4.59. The van der Waals surface area contributed by atoms with Gasteiger partial charge < -0.3 is 14.8 Å². The molecule has 1 saturated heterocycles. The van der Waals surface area contributed by atoms with Gasteiger partial charge in [-0.2, -0.15) is 0 Å². The summed E-state index contributed by atoms with van der Waals surface area (Å²) in [5, 5.41) is 2.60. The van der Waals surface area contributed by atoms with Crippen molar-refractivity contribution in [2.24, 2.45) is 23.7 Å². The fourth-order valence-corrected chi connectivity index (χ4v) is 6.88. The van der Waals surface area contributed by atoms with Gasteiger partial charge in [-0.25, -0.2) is 9.59 Å². The van der Waals surface area contributed by atoms with Crippen molar-refractivity contribution in [3.05, 3.63) is 95.6 Å². The molecular formula is C33H30N2O7. The molecular weight excluding hydrogens is 536 g/mol. The molecule has 5 atom stereocenters. The number of nitrogens with one attached hydrogen (secondary N) is 1. The van der Waals surface area contributed by atoms with Crippen LogP contribution in [0.5, 0.6) is 0 Å². The Morgan fingerprint density at radius 3 is 2.26 bits per heavy atom. The van der Waals surface area contributed by atoms with E-state index in [1.165, 1.54) is 34.7 Å². The number of hydrogen-bond acceptors (Lipinski definition) is 7. The molecule has 0 unspecified atom stereocenters. The Morgan fingerprint density at radius 1 is 0.810 bits per heavy atom. The van der Waals surface area contributed by atoms with E-state index in [1.807, 2.05) is 18.2 Å². The van der Waals surface area contributed by atoms with Crippen LogP contribution in [0, 0.1) is 23.7 Å². The SMILES string of the molecule is CCOC(=O)c1ccc(NC(=O)COC(=O)c2cccc(N3C(=O)[C@@H]4[C@@H]5C[C@@H]([C@@H]4C3=O)[C@@H](c3ccccc3)C5)c2)cc1. The zero-order valence-corrected chi connectivity index (χ0v) is 23.0. The Balaban J connectivity index is 1.09. The quantitative estimate of drug-likeness (QED) is 0.313. The minimum Gasteiger partial charge on any atom is -0.462 e. The number of amides is 3. The predicted molar refractivity (Wildman–Crippen MR) is 153 cm³/mol. The van der Waals surface area contributed by atoms with E-state index in [-0.39, 0.29) is 53.6 Å². The van der Waals surface area contributed by atoms with Gasteiger partial charge in [0, 0.05) is 5.69 Å². The monoisotopic (exact) mass is 566 g/mol. The Morgan fingerprint density at radius 2 is 1.52 bits per heavy atom. The Hall–Kier alpha value is -4.79. The summed E-state index contributed by atoms with van der Waals surface area (Å²) in [6.45, 7) is 1.43. The van der Waals surface area contributed by atoms with Crippen LogP contribution in [0.25, 0.3) is 0 Å². The molecule has 3 amide bonds. The molecule has 1 N–H and O–H groups in total. The number of benzene rings is 3. The average molecular weight is 567 g/mol. The minimum atomic E-state index is -0.756. The van der Waals surface area contributed by atoms with Crippen LogP contribution in [0.3, 0.4) is 0 Å². The van der Waals surface area contributed by atoms with Crippen molar-refractivity contribution in [3.63, 3.8) is 0 Å². The second-order valence-electron chi connectivity index (χ2n) is 10.9. The van der Waals surface area contributed by atoms with Crippen LogP contribution in [0.15, 0.2) is 78.9 Å². The molecule has 2 saturated carbocycles. The number of fused-ring (bicyclic) bond motifs is 5. The zero-order valence-electron chi connectivity index (χ0n) is 23.0. The first-order chi connectivity index (χ1) is 20.4. The van der Waals surface area contributed by atoms with Gasteiger partial charge in [-0.3, -0.25) is 19.3 Å². The molecule has 0 spiro atoms. The summed E-state index contributed by atoms with van der Waals surface area (Å²) in [5.74, 6) is -2.33. The molecule has 3 aliphatic rings. The second-order valence-corrected chi connectivity index (χ2v) is 10.9. The van der Waals surface area contributed by atoms with Crippen molar-refractivity contribution < 1.29 is 33.4 Å². The summed E-state index contributed by atoms with van der Waals surface area (Å²) in [7, 11) is 0. The third kappa shape index (κ3) is 4.95. The van der Waals surface area contributed by atoms with E-state index in [0.717, 1.165) is 12.8 Å². The number of nitrogens with zero attached hydrogens (tertiary/aromatic N) is 1. The van der Waals surface area contributed by atoms with Gasteiger partial charge in [-0.15, -0.1) is 0 Å². The van der Waals surface area contributed by atoms with E-state index < -0.39 is 24.5 Å². The molecule has 0 aromatic heterocycles. The molecule has 9 nitrogen and oxygen atoms in total. The topological polar surface area (TPSA) is 119 Å². The summed E-state index contributed by atoms with van der Waals surface area (Å²) in [6, 6.07) is 22.5. The molecule has 2 aliphatic carbocycles. The van der Waals surface area contributed by atoms with E-state index in [9.17, 15) is 24.0 Å². The number of carbonyl (C=O) groups excluding carboxylic acids is 5. The summed E-state index contributed by atoms with van der Waals surface area (Å²) in [4.78, 5) is 65.3. The molecule has 3 fully saturated rings. The van der Waals surface area contributed by atoms with Crippen molar-refractivity contribution in [1.82, 2.24) is 0 Å². The molecule has 1 heterocycles. The van der Waals surface area contributed by atoms with Crippen LogP contribution in [-0.2, 0) is 23.9 Å². The maximum Gasteiger partial charge on any atom is 0.338 e. The number of carbonyl (C=O) groups is 5. The number of rotatable bonds is 8. The summed E-state index contributed by atoms with van der Waals surface area (Å²) < 4.78 is 10.1. The maximum atomic E-state index is 13.6. The van der Waals surface area contributed by atoms with Crippen LogP contribution in [0.4, 0.5) is 11.4 Å². The molecule has 2 bridgehead atoms. The normalized spacial score (nSPS) is 23.9. The Labute approximate surface area is 242 Å². The van der Waals surface area contributed by atoms with Crippen LogP contribution in [0.1, 0.15) is 52.0 Å². The lowest BCUT2D eigenvalue weighted by Crippen LogP contribution is -2.33. The molecule has 1 aliphatic heterocycles. The van der Waals surface area contributed by atoms with Crippen LogP contribution in [-0.4, -0.2) is 42.9 Å². The van der Waals surface area contributed by atoms with Gasteiger partial charge in [0.15, 0.2) is 6.61 Å². The van der Waals surface area contributed by atoms with Gasteiger partial charge in [-0.05, 0) is 85.5 Å². The molecule has 42 heavy (non-hydrogen) atoms. The second kappa shape index (κ2) is 11.2. The number of anilines is 2. The summed E-state index contributed by atoms with van der Waals surface area (Å²) in [6.07, 6.45) is 1.77. The lowest BCUT2D eigenvalue weighted by Gasteiger charge is -2.28.